The summed E-state index contributed by atoms with van der Waals surface area (Å²) >= 11 is 1.86. The third-order valence-corrected chi connectivity index (χ3v) is 5.12. The maximum atomic E-state index is 10.1. The van der Waals surface area contributed by atoms with Gasteiger partial charge in [0, 0.05) is 11.5 Å². The molecule has 0 saturated heterocycles. The highest BCUT2D eigenvalue weighted by molar-refractivity contribution is 7.97. The number of hydrogen-bond acceptors (Lipinski definition) is 3. The molecule has 0 amide bonds. The second-order valence-corrected chi connectivity index (χ2v) is 7.23. The van der Waals surface area contributed by atoms with Crippen LogP contribution in [0.2, 0.25) is 0 Å². The molecule has 0 unspecified atom stereocenters. The second kappa shape index (κ2) is 7.78. The molecule has 0 aromatic heterocycles. The molecule has 2 aromatic rings. The highest BCUT2D eigenvalue weighted by Crippen LogP contribution is 2.29. The standard InChI is InChI=1S/C20H26O2S/c1-5-6-18-10-17(9-15(4)20(18)22)12-23-11-16-7-13(2)19(21)14(3)8-16/h7-10,21-22H,5-6,11-12H2,1-4H3. The predicted octanol–water partition coefficient (Wildman–Crippen LogP) is 5.41. The molecule has 2 nitrogen and oxygen atoms in total. The van der Waals surface area contributed by atoms with Gasteiger partial charge in [-0.15, -0.1) is 0 Å². The van der Waals surface area contributed by atoms with Crippen LogP contribution in [0.15, 0.2) is 24.3 Å². The van der Waals surface area contributed by atoms with Gasteiger partial charge >= 0.3 is 0 Å². The zero-order chi connectivity index (χ0) is 17.0. The fraction of sp³-hybridized carbons (Fsp3) is 0.400. The van der Waals surface area contributed by atoms with E-state index in [1.165, 1.54) is 11.1 Å². The van der Waals surface area contributed by atoms with Gasteiger partial charge in [-0.05, 0) is 60.6 Å². The average Bonchev–Trinajstić information content (AvgIpc) is 2.50. The first-order chi connectivity index (χ1) is 10.9. The van der Waals surface area contributed by atoms with Crippen molar-refractivity contribution in [3.8, 4) is 11.5 Å². The Morgan fingerprint density at radius 1 is 0.783 bits per heavy atom. The molecule has 0 spiro atoms. The quantitative estimate of drug-likeness (QED) is 0.744. The van der Waals surface area contributed by atoms with E-state index < -0.39 is 0 Å². The fourth-order valence-corrected chi connectivity index (χ4v) is 3.80. The van der Waals surface area contributed by atoms with Crippen molar-refractivity contribution in [3.05, 3.63) is 57.6 Å². The summed E-state index contributed by atoms with van der Waals surface area (Å²) in [5, 5.41) is 20.0. The first-order valence-electron chi connectivity index (χ1n) is 8.10. The van der Waals surface area contributed by atoms with Gasteiger partial charge in [0.15, 0.2) is 0 Å². The van der Waals surface area contributed by atoms with Gasteiger partial charge in [0.1, 0.15) is 11.5 Å². The lowest BCUT2D eigenvalue weighted by Gasteiger charge is -2.11. The van der Waals surface area contributed by atoms with Gasteiger partial charge in [-0.1, -0.05) is 37.6 Å². The molecule has 2 aromatic carbocycles. The molecule has 2 N–H and O–H groups in total. The molecule has 0 heterocycles. The van der Waals surface area contributed by atoms with E-state index in [0.717, 1.165) is 46.6 Å². The van der Waals surface area contributed by atoms with Crippen molar-refractivity contribution < 1.29 is 10.2 Å². The third kappa shape index (κ3) is 4.44. The normalized spacial score (nSPS) is 11.0. The van der Waals surface area contributed by atoms with Gasteiger partial charge in [0.25, 0.3) is 0 Å². The second-order valence-electron chi connectivity index (χ2n) is 6.24. The minimum Gasteiger partial charge on any atom is -0.507 e. The van der Waals surface area contributed by atoms with Gasteiger partial charge in [0.2, 0.25) is 0 Å². The Bertz CT molecular complexity index is 669. The van der Waals surface area contributed by atoms with E-state index in [2.05, 4.69) is 31.2 Å². The first kappa shape index (κ1) is 17.7. The summed E-state index contributed by atoms with van der Waals surface area (Å²) in [5.74, 6) is 2.70. The topological polar surface area (TPSA) is 40.5 Å². The number of benzene rings is 2. The van der Waals surface area contributed by atoms with E-state index in [0.29, 0.717) is 11.5 Å². The van der Waals surface area contributed by atoms with Crippen LogP contribution in [0.3, 0.4) is 0 Å². The smallest absolute Gasteiger partial charge is 0.121 e. The maximum absolute atomic E-state index is 10.1. The lowest BCUT2D eigenvalue weighted by Crippen LogP contribution is -1.92. The van der Waals surface area contributed by atoms with Crippen LogP contribution < -0.4 is 0 Å². The summed E-state index contributed by atoms with van der Waals surface area (Å²) in [4.78, 5) is 0. The Balaban J connectivity index is 2.04. The number of aryl methyl sites for hydroxylation is 4. The van der Waals surface area contributed by atoms with Crippen LogP contribution in [0.5, 0.6) is 11.5 Å². The molecule has 0 radical (unpaired) electrons. The van der Waals surface area contributed by atoms with Crippen LogP contribution in [0, 0.1) is 20.8 Å². The van der Waals surface area contributed by atoms with Crippen molar-refractivity contribution in [1.82, 2.24) is 0 Å². The molecular formula is C20H26O2S. The number of thioether (sulfide) groups is 1. The number of phenolic OH excluding ortho intramolecular Hbond substituents is 2. The van der Waals surface area contributed by atoms with Gasteiger partial charge in [-0.2, -0.15) is 11.8 Å². The van der Waals surface area contributed by atoms with Crippen LogP contribution in [0.25, 0.3) is 0 Å². The minimum absolute atomic E-state index is 0.400. The number of hydrogen-bond donors (Lipinski definition) is 2. The maximum Gasteiger partial charge on any atom is 0.121 e. The number of aromatic hydroxyl groups is 2. The molecule has 2 rings (SSSR count). The van der Waals surface area contributed by atoms with Crippen molar-refractivity contribution in [3.63, 3.8) is 0 Å². The van der Waals surface area contributed by atoms with Crippen molar-refractivity contribution in [2.24, 2.45) is 0 Å². The van der Waals surface area contributed by atoms with Crippen LogP contribution in [0.4, 0.5) is 0 Å². The average molecular weight is 330 g/mol. The Morgan fingerprint density at radius 2 is 1.26 bits per heavy atom. The Kier molecular flexibility index (Phi) is 6.00. The minimum atomic E-state index is 0.400. The first-order valence-corrected chi connectivity index (χ1v) is 9.26. The fourth-order valence-electron chi connectivity index (χ4n) is 2.89. The molecule has 0 atom stereocenters. The van der Waals surface area contributed by atoms with E-state index in [9.17, 15) is 10.2 Å². The van der Waals surface area contributed by atoms with E-state index in [-0.39, 0.29) is 0 Å². The lowest BCUT2D eigenvalue weighted by molar-refractivity contribution is 0.463. The molecule has 0 aliphatic heterocycles. The summed E-state index contributed by atoms with van der Waals surface area (Å²) in [7, 11) is 0. The van der Waals surface area contributed by atoms with Crippen LogP contribution >= 0.6 is 11.8 Å². The van der Waals surface area contributed by atoms with Crippen molar-refractivity contribution >= 4 is 11.8 Å². The van der Waals surface area contributed by atoms with Crippen LogP contribution in [-0.2, 0) is 17.9 Å². The molecule has 23 heavy (non-hydrogen) atoms. The summed E-state index contributed by atoms with van der Waals surface area (Å²) in [6.07, 6.45) is 1.96. The van der Waals surface area contributed by atoms with E-state index >= 15 is 0 Å². The highest BCUT2D eigenvalue weighted by atomic mass is 32.2. The molecule has 0 aliphatic carbocycles. The van der Waals surface area contributed by atoms with Crippen molar-refractivity contribution in [2.75, 3.05) is 0 Å². The summed E-state index contributed by atoms with van der Waals surface area (Å²) < 4.78 is 0. The summed E-state index contributed by atoms with van der Waals surface area (Å²) in [6, 6.07) is 8.32. The Hall–Kier alpha value is -1.61. The van der Waals surface area contributed by atoms with Crippen molar-refractivity contribution in [2.45, 2.75) is 52.0 Å². The molecule has 3 heteroatoms. The SMILES string of the molecule is CCCc1cc(CSCc2cc(C)c(O)c(C)c2)cc(C)c1O. The van der Waals surface area contributed by atoms with Crippen molar-refractivity contribution in [1.29, 1.82) is 0 Å². The zero-order valence-corrected chi connectivity index (χ0v) is 15.3. The predicted molar refractivity (Wildman–Crippen MR) is 99.4 cm³/mol. The van der Waals surface area contributed by atoms with E-state index in [1.54, 1.807) is 0 Å². The summed E-state index contributed by atoms with van der Waals surface area (Å²) in [5.41, 5.74) is 6.40. The van der Waals surface area contributed by atoms with Gasteiger partial charge < -0.3 is 10.2 Å². The molecule has 0 aliphatic rings. The van der Waals surface area contributed by atoms with Gasteiger partial charge in [0.05, 0.1) is 0 Å². The zero-order valence-electron chi connectivity index (χ0n) is 14.4. The van der Waals surface area contributed by atoms with Crippen LogP contribution in [0.1, 0.15) is 46.7 Å². The monoisotopic (exact) mass is 330 g/mol. The number of rotatable bonds is 6. The molecule has 0 saturated carbocycles. The van der Waals surface area contributed by atoms with E-state index in [4.69, 9.17) is 0 Å². The van der Waals surface area contributed by atoms with Crippen LogP contribution in [-0.4, -0.2) is 10.2 Å². The molecular weight excluding hydrogens is 304 g/mol. The summed E-state index contributed by atoms with van der Waals surface area (Å²) in [6.45, 7) is 7.98. The van der Waals surface area contributed by atoms with Gasteiger partial charge in [-0.25, -0.2) is 0 Å². The molecule has 0 bridgehead atoms. The molecule has 124 valence electrons. The Morgan fingerprint density at radius 3 is 1.78 bits per heavy atom. The third-order valence-electron chi connectivity index (χ3n) is 4.05. The van der Waals surface area contributed by atoms with Gasteiger partial charge in [-0.3, -0.25) is 0 Å². The highest BCUT2D eigenvalue weighted by Gasteiger charge is 2.08. The molecule has 0 fully saturated rings. The largest absolute Gasteiger partial charge is 0.507 e. The lowest BCUT2D eigenvalue weighted by atomic mass is 10.0. The van der Waals surface area contributed by atoms with E-state index in [1.807, 2.05) is 32.5 Å². The number of phenols is 2. The Labute approximate surface area is 143 Å².